The Morgan fingerprint density at radius 3 is 2.42 bits per heavy atom. The first-order valence-electron chi connectivity index (χ1n) is 13.9. The number of hydrogen-bond donors (Lipinski definition) is 0. The molecular formula is C37H28N2O. The Morgan fingerprint density at radius 2 is 1.57 bits per heavy atom. The Kier molecular flexibility index (Phi) is 5.08. The third kappa shape index (κ3) is 3.34. The van der Waals surface area contributed by atoms with Crippen LogP contribution >= 0.6 is 0 Å². The Morgan fingerprint density at radius 1 is 0.825 bits per heavy atom. The molecule has 4 aromatic carbocycles. The minimum atomic E-state index is -0.196. The Bertz CT molecular complexity index is 1990. The molecular weight excluding hydrogens is 488 g/mol. The molecule has 0 aliphatic heterocycles. The molecule has 0 saturated heterocycles. The molecule has 2 heterocycles. The molecule has 3 nitrogen and oxygen atoms in total. The van der Waals surface area contributed by atoms with Crippen molar-refractivity contribution in [3.8, 4) is 17.1 Å². The number of rotatable bonds is 4. The fourth-order valence-corrected chi connectivity index (χ4v) is 6.74. The number of allylic oxidation sites excluding steroid dienone is 4. The van der Waals surface area contributed by atoms with Crippen LogP contribution in [0, 0.1) is 0 Å². The molecule has 0 radical (unpaired) electrons. The number of aliphatic imine (C=N–C) groups is 1. The standard InChI is InChI=1S/C37H28N2O/c1-37-22-10-9-15-30(37)33-29-14-6-8-17-32(29)40-36(33)35-34(37)28-13-5-7-16-31(28)39(35)27-20-18-26(19-21-27)24-38-23-25-11-3-2-4-12-25/h2-22,24,30H,23H2,1H3. The zero-order valence-electron chi connectivity index (χ0n) is 22.3. The van der Waals surface area contributed by atoms with Crippen molar-refractivity contribution < 1.29 is 4.42 Å². The first-order valence-corrected chi connectivity index (χ1v) is 13.9. The molecule has 2 atom stereocenters. The van der Waals surface area contributed by atoms with Gasteiger partial charge in [0.25, 0.3) is 0 Å². The lowest BCUT2D eigenvalue weighted by Gasteiger charge is -2.40. The Labute approximate surface area is 233 Å². The van der Waals surface area contributed by atoms with Gasteiger partial charge in [0.15, 0.2) is 5.76 Å². The maximum absolute atomic E-state index is 6.72. The number of hydrogen-bond acceptors (Lipinski definition) is 2. The second-order valence-electron chi connectivity index (χ2n) is 11.0. The van der Waals surface area contributed by atoms with Crippen molar-refractivity contribution in [2.45, 2.75) is 24.8 Å². The van der Waals surface area contributed by atoms with Crippen molar-refractivity contribution in [3.63, 3.8) is 0 Å². The lowest BCUT2D eigenvalue weighted by molar-refractivity contribution is 0.506. The fraction of sp³-hybridized carbons (Fsp3) is 0.108. The quantitative estimate of drug-likeness (QED) is 0.215. The molecule has 2 aromatic heterocycles. The van der Waals surface area contributed by atoms with Gasteiger partial charge in [0, 0.05) is 39.6 Å². The predicted octanol–water partition coefficient (Wildman–Crippen LogP) is 9.14. The van der Waals surface area contributed by atoms with Crippen LogP contribution in [0.25, 0.3) is 39.0 Å². The molecule has 2 aliphatic carbocycles. The lowest BCUT2D eigenvalue weighted by Crippen LogP contribution is -2.32. The summed E-state index contributed by atoms with van der Waals surface area (Å²) < 4.78 is 9.11. The number of benzene rings is 4. The molecule has 3 heteroatoms. The Balaban J connectivity index is 1.32. The normalized spacial score (nSPS) is 19.3. The van der Waals surface area contributed by atoms with E-state index >= 15 is 0 Å². The summed E-state index contributed by atoms with van der Waals surface area (Å²) in [4.78, 5) is 4.67. The van der Waals surface area contributed by atoms with Gasteiger partial charge in [0.1, 0.15) is 5.58 Å². The van der Waals surface area contributed by atoms with Crippen LogP contribution in [0.5, 0.6) is 0 Å². The molecule has 2 aliphatic rings. The van der Waals surface area contributed by atoms with Crippen molar-refractivity contribution in [2.75, 3.05) is 0 Å². The summed E-state index contributed by atoms with van der Waals surface area (Å²) in [6.07, 6.45) is 11.1. The third-order valence-corrected chi connectivity index (χ3v) is 8.58. The zero-order valence-corrected chi connectivity index (χ0v) is 22.3. The van der Waals surface area contributed by atoms with Crippen LogP contribution in [-0.4, -0.2) is 10.8 Å². The predicted molar refractivity (Wildman–Crippen MR) is 165 cm³/mol. The number of aromatic nitrogens is 1. The average Bonchev–Trinajstić information content (AvgIpc) is 3.55. The van der Waals surface area contributed by atoms with Crippen molar-refractivity contribution >= 4 is 28.1 Å². The van der Waals surface area contributed by atoms with E-state index in [-0.39, 0.29) is 11.3 Å². The van der Waals surface area contributed by atoms with Crippen LogP contribution in [0.4, 0.5) is 0 Å². The van der Waals surface area contributed by atoms with E-state index in [2.05, 4.69) is 138 Å². The maximum Gasteiger partial charge on any atom is 0.156 e. The number of furan rings is 1. The van der Waals surface area contributed by atoms with Crippen molar-refractivity contribution in [3.05, 3.63) is 150 Å². The van der Waals surface area contributed by atoms with Gasteiger partial charge in [-0.1, -0.05) is 110 Å². The molecule has 2 unspecified atom stereocenters. The largest absolute Gasteiger partial charge is 0.454 e. The van der Waals surface area contributed by atoms with Gasteiger partial charge < -0.3 is 8.98 Å². The summed E-state index contributed by atoms with van der Waals surface area (Å²) >= 11 is 0. The molecule has 0 N–H and O–H groups in total. The molecule has 0 spiro atoms. The molecule has 0 fully saturated rings. The van der Waals surface area contributed by atoms with Crippen LogP contribution in [0.15, 0.2) is 137 Å². The topological polar surface area (TPSA) is 30.4 Å². The second-order valence-corrected chi connectivity index (χ2v) is 11.0. The van der Waals surface area contributed by atoms with Gasteiger partial charge in [-0.3, -0.25) is 4.99 Å². The smallest absolute Gasteiger partial charge is 0.156 e. The van der Waals surface area contributed by atoms with E-state index in [9.17, 15) is 0 Å². The van der Waals surface area contributed by atoms with Gasteiger partial charge in [0.05, 0.1) is 17.8 Å². The molecule has 6 aromatic rings. The summed E-state index contributed by atoms with van der Waals surface area (Å²) in [6, 6.07) is 36.3. The van der Waals surface area contributed by atoms with Gasteiger partial charge in [-0.25, -0.2) is 0 Å². The summed E-state index contributed by atoms with van der Waals surface area (Å²) in [5, 5.41) is 2.46. The van der Waals surface area contributed by atoms with Gasteiger partial charge in [-0.2, -0.15) is 0 Å². The van der Waals surface area contributed by atoms with Crippen LogP contribution in [0.1, 0.15) is 35.1 Å². The van der Waals surface area contributed by atoms with E-state index in [1.807, 2.05) is 12.3 Å². The second kappa shape index (κ2) is 8.82. The van der Waals surface area contributed by atoms with Crippen molar-refractivity contribution in [2.24, 2.45) is 4.99 Å². The van der Waals surface area contributed by atoms with Crippen LogP contribution in [0.2, 0.25) is 0 Å². The molecule has 0 saturated carbocycles. The fourth-order valence-electron chi connectivity index (χ4n) is 6.74. The zero-order chi connectivity index (χ0) is 26.7. The van der Waals surface area contributed by atoms with Gasteiger partial charge in [-0.05, 0) is 41.0 Å². The first kappa shape index (κ1) is 23.0. The lowest BCUT2D eigenvalue weighted by atomic mass is 9.62. The highest BCUT2D eigenvalue weighted by Crippen LogP contribution is 2.58. The monoisotopic (exact) mass is 516 g/mol. The summed E-state index contributed by atoms with van der Waals surface area (Å²) in [5.74, 6) is 1.18. The number of para-hydroxylation sites is 2. The van der Waals surface area contributed by atoms with Gasteiger partial charge >= 0.3 is 0 Å². The molecule has 8 rings (SSSR count). The van der Waals surface area contributed by atoms with Crippen LogP contribution in [-0.2, 0) is 12.0 Å². The van der Waals surface area contributed by atoms with Crippen molar-refractivity contribution in [1.82, 2.24) is 4.57 Å². The van der Waals surface area contributed by atoms with Crippen LogP contribution in [0.3, 0.4) is 0 Å². The average molecular weight is 517 g/mol. The van der Waals surface area contributed by atoms with E-state index < -0.39 is 0 Å². The highest BCUT2D eigenvalue weighted by molar-refractivity contribution is 6.00. The summed E-state index contributed by atoms with van der Waals surface area (Å²) in [7, 11) is 0. The van der Waals surface area contributed by atoms with E-state index in [0.717, 1.165) is 28.3 Å². The highest BCUT2D eigenvalue weighted by atomic mass is 16.3. The summed E-state index contributed by atoms with van der Waals surface area (Å²) in [6.45, 7) is 3.05. The van der Waals surface area contributed by atoms with E-state index in [1.165, 1.54) is 33.0 Å². The molecule has 192 valence electrons. The highest BCUT2D eigenvalue weighted by Gasteiger charge is 2.47. The molecule has 40 heavy (non-hydrogen) atoms. The van der Waals surface area contributed by atoms with E-state index in [1.54, 1.807) is 0 Å². The van der Waals surface area contributed by atoms with Crippen LogP contribution < -0.4 is 0 Å². The van der Waals surface area contributed by atoms with Crippen molar-refractivity contribution in [1.29, 1.82) is 0 Å². The summed E-state index contributed by atoms with van der Waals surface area (Å²) in [5.41, 5.74) is 9.09. The minimum absolute atomic E-state index is 0.196. The Hall–Kier alpha value is -4.89. The number of fused-ring (bicyclic) bond motifs is 10. The first-order chi connectivity index (χ1) is 19.7. The molecule has 0 bridgehead atoms. The third-order valence-electron chi connectivity index (χ3n) is 8.58. The minimum Gasteiger partial charge on any atom is -0.454 e. The maximum atomic E-state index is 6.72. The molecule has 0 amide bonds. The van der Waals surface area contributed by atoms with E-state index in [0.29, 0.717) is 6.54 Å². The van der Waals surface area contributed by atoms with Gasteiger partial charge in [-0.15, -0.1) is 0 Å². The van der Waals surface area contributed by atoms with Gasteiger partial charge in [0.2, 0.25) is 0 Å². The van der Waals surface area contributed by atoms with E-state index in [4.69, 9.17) is 4.42 Å². The number of nitrogens with zero attached hydrogens (tertiary/aromatic N) is 2. The SMILES string of the molecule is CC12C=CC=CC1c1c(oc3ccccc13)-c1c2c2ccccc2n1-c1ccc(C=NCc2ccccc2)cc1.